The molecule has 1 fully saturated rings. The molecule has 1 aromatic heterocycles. The van der Waals surface area contributed by atoms with Gasteiger partial charge in [-0.1, -0.05) is 32.0 Å². The van der Waals surface area contributed by atoms with Crippen LogP contribution in [-0.4, -0.2) is 50.9 Å². The summed E-state index contributed by atoms with van der Waals surface area (Å²) < 4.78 is 7.47. The highest BCUT2D eigenvalue weighted by atomic mass is 16.5. The van der Waals surface area contributed by atoms with E-state index in [-0.39, 0.29) is 17.6 Å². The number of carboxylic acids is 1. The van der Waals surface area contributed by atoms with Crippen molar-refractivity contribution in [1.29, 1.82) is 0 Å². The Hall–Kier alpha value is -2.83. The second kappa shape index (κ2) is 7.82. The molecule has 0 radical (unpaired) electrons. The van der Waals surface area contributed by atoms with Gasteiger partial charge in [-0.25, -0.2) is 4.68 Å². The molecule has 0 aliphatic carbocycles. The molecule has 2 heterocycles. The summed E-state index contributed by atoms with van der Waals surface area (Å²) in [6.07, 6.45) is 2.16. The van der Waals surface area contributed by atoms with Gasteiger partial charge >= 0.3 is 5.97 Å². The molecule has 2 atom stereocenters. The predicted molar refractivity (Wildman–Crippen MR) is 100 cm³/mol. The summed E-state index contributed by atoms with van der Waals surface area (Å²) in [6.45, 7) is 6.70. The lowest BCUT2D eigenvalue weighted by atomic mass is 10.0. The minimum absolute atomic E-state index is 0.220. The predicted octanol–water partition coefficient (Wildman–Crippen LogP) is 2.84. The second-order valence-corrected chi connectivity index (χ2v) is 7.30. The zero-order valence-electron chi connectivity index (χ0n) is 15.8. The van der Waals surface area contributed by atoms with Crippen molar-refractivity contribution in [2.45, 2.75) is 33.2 Å². The number of amides is 1. The molecule has 0 bridgehead atoms. The van der Waals surface area contributed by atoms with E-state index in [4.69, 9.17) is 4.74 Å². The van der Waals surface area contributed by atoms with Crippen LogP contribution in [0.1, 0.15) is 37.7 Å². The Morgan fingerprint density at radius 1 is 1.30 bits per heavy atom. The average molecular weight is 371 g/mol. The van der Waals surface area contributed by atoms with Crippen molar-refractivity contribution in [1.82, 2.24) is 14.7 Å². The first-order chi connectivity index (χ1) is 12.9. The molecule has 1 N–H and O–H groups in total. The zero-order chi connectivity index (χ0) is 19.6. The fourth-order valence-corrected chi connectivity index (χ4v) is 3.27. The van der Waals surface area contributed by atoms with Gasteiger partial charge in [0.2, 0.25) is 0 Å². The minimum Gasteiger partial charge on any atom is -0.489 e. The molecular weight excluding hydrogens is 346 g/mol. The van der Waals surface area contributed by atoms with E-state index >= 15 is 0 Å². The van der Waals surface area contributed by atoms with Crippen LogP contribution in [0.4, 0.5) is 0 Å². The van der Waals surface area contributed by atoms with Gasteiger partial charge < -0.3 is 14.7 Å². The summed E-state index contributed by atoms with van der Waals surface area (Å²) in [5.74, 6) is -0.993. The van der Waals surface area contributed by atoms with Gasteiger partial charge in [-0.3, -0.25) is 9.59 Å². The third kappa shape index (κ3) is 3.97. The topological polar surface area (TPSA) is 84.7 Å². The molecule has 1 saturated heterocycles. The lowest BCUT2D eigenvalue weighted by molar-refractivity contribution is -0.142. The van der Waals surface area contributed by atoms with E-state index in [1.807, 2.05) is 44.2 Å². The molecule has 7 nitrogen and oxygen atoms in total. The molecule has 7 heteroatoms. The monoisotopic (exact) mass is 371 g/mol. The van der Waals surface area contributed by atoms with Crippen molar-refractivity contribution in [3.63, 3.8) is 0 Å². The number of para-hydroxylation sites is 1. The number of carbonyl (C=O) groups excluding carboxylic acids is 1. The SMILES string of the molecule is CC(C)COc1cn(-c2ccccc2)nc1C(=O)N1CCC(C(=O)O)C1C. The first-order valence-corrected chi connectivity index (χ1v) is 9.20. The molecule has 2 unspecified atom stereocenters. The van der Waals surface area contributed by atoms with Crippen LogP contribution in [0, 0.1) is 11.8 Å². The van der Waals surface area contributed by atoms with Crippen LogP contribution in [0.5, 0.6) is 5.75 Å². The Bertz CT molecular complexity index is 816. The van der Waals surface area contributed by atoms with Crippen LogP contribution in [-0.2, 0) is 4.79 Å². The molecule has 144 valence electrons. The molecule has 3 rings (SSSR count). The van der Waals surface area contributed by atoms with E-state index in [1.165, 1.54) is 0 Å². The number of carbonyl (C=O) groups is 2. The minimum atomic E-state index is -0.871. The Labute approximate surface area is 158 Å². The Balaban J connectivity index is 1.91. The van der Waals surface area contributed by atoms with Crippen molar-refractivity contribution < 1.29 is 19.4 Å². The zero-order valence-corrected chi connectivity index (χ0v) is 15.8. The van der Waals surface area contributed by atoms with Crippen molar-refractivity contribution in [2.24, 2.45) is 11.8 Å². The highest BCUT2D eigenvalue weighted by Crippen LogP contribution is 2.29. The molecular formula is C20H25N3O4. The maximum absolute atomic E-state index is 13.1. The first kappa shape index (κ1) is 18.9. The van der Waals surface area contributed by atoms with E-state index in [9.17, 15) is 14.7 Å². The van der Waals surface area contributed by atoms with Gasteiger partial charge in [-0.2, -0.15) is 5.10 Å². The normalized spacial score (nSPS) is 19.5. The number of nitrogens with zero attached hydrogens (tertiary/aromatic N) is 3. The molecule has 0 spiro atoms. The second-order valence-electron chi connectivity index (χ2n) is 7.30. The van der Waals surface area contributed by atoms with Crippen LogP contribution in [0.2, 0.25) is 0 Å². The molecule has 1 aliphatic rings. The van der Waals surface area contributed by atoms with Crippen LogP contribution in [0.25, 0.3) is 5.69 Å². The largest absolute Gasteiger partial charge is 0.489 e. The summed E-state index contributed by atoms with van der Waals surface area (Å²) >= 11 is 0. The Morgan fingerprint density at radius 3 is 2.59 bits per heavy atom. The lowest BCUT2D eigenvalue weighted by Crippen LogP contribution is -2.38. The summed E-state index contributed by atoms with van der Waals surface area (Å²) in [5.41, 5.74) is 1.04. The number of benzene rings is 1. The average Bonchev–Trinajstić information content (AvgIpc) is 3.24. The molecule has 27 heavy (non-hydrogen) atoms. The number of likely N-dealkylation sites (tertiary alicyclic amines) is 1. The van der Waals surface area contributed by atoms with Crippen LogP contribution < -0.4 is 4.74 Å². The van der Waals surface area contributed by atoms with Crippen molar-refractivity contribution >= 4 is 11.9 Å². The Morgan fingerprint density at radius 2 is 2.00 bits per heavy atom. The summed E-state index contributed by atoms with van der Waals surface area (Å²) in [6, 6.07) is 9.11. The molecule has 1 aromatic carbocycles. The Kier molecular flexibility index (Phi) is 5.48. The van der Waals surface area contributed by atoms with Gasteiger partial charge in [0, 0.05) is 12.6 Å². The van der Waals surface area contributed by atoms with Crippen molar-refractivity contribution in [3.05, 3.63) is 42.2 Å². The van der Waals surface area contributed by atoms with E-state index in [2.05, 4.69) is 5.10 Å². The fraction of sp³-hybridized carbons (Fsp3) is 0.450. The van der Waals surface area contributed by atoms with Crippen LogP contribution >= 0.6 is 0 Å². The number of ether oxygens (including phenoxy) is 1. The fourth-order valence-electron chi connectivity index (χ4n) is 3.27. The number of aliphatic carboxylic acids is 1. The maximum atomic E-state index is 13.1. The smallest absolute Gasteiger partial charge is 0.308 e. The molecule has 1 amide bonds. The van der Waals surface area contributed by atoms with Crippen LogP contribution in [0.3, 0.4) is 0 Å². The van der Waals surface area contributed by atoms with Crippen molar-refractivity contribution in [2.75, 3.05) is 13.2 Å². The summed E-state index contributed by atoms with van der Waals surface area (Å²) in [4.78, 5) is 26.1. The van der Waals surface area contributed by atoms with Crippen LogP contribution in [0.15, 0.2) is 36.5 Å². The van der Waals surface area contributed by atoms with Gasteiger partial charge in [0.25, 0.3) is 5.91 Å². The summed E-state index contributed by atoms with van der Waals surface area (Å²) in [7, 11) is 0. The quantitative estimate of drug-likeness (QED) is 0.844. The number of carboxylic acid groups (broad SMARTS) is 1. The van der Waals surface area contributed by atoms with E-state index in [0.29, 0.717) is 31.2 Å². The van der Waals surface area contributed by atoms with Gasteiger partial charge in [-0.05, 0) is 31.4 Å². The third-order valence-corrected chi connectivity index (χ3v) is 4.81. The number of hydrogen-bond acceptors (Lipinski definition) is 4. The molecule has 1 aliphatic heterocycles. The first-order valence-electron chi connectivity index (χ1n) is 9.20. The number of aromatic nitrogens is 2. The van der Waals surface area contributed by atoms with E-state index in [0.717, 1.165) is 5.69 Å². The lowest BCUT2D eigenvalue weighted by Gasteiger charge is -2.22. The number of hydrogen-bond donors (Lipinski definition) is 1. The van der Waals surface area contributed by atoms with Gasteiger partial charge in [0.05, 0.1) is 24.4 Å². The summed E-state index contributed by atoms with van der Waals surface area (Å²) in [5, 5.41) is 13.8. The third-order valence-electron chi connectivity index (χ3n) is 4.81. The number of rotatable bonds is 6. The molecule has 2 aromatic rings. The van der Waals surface area contributed by atoms with Crippen molar-refractivity contribution in [3.8, 4) is 11.4 Å². The standard InChI is InChI=1S/C20H25N3O4/c1-13(2)12-27-17-11-23(15-7-5-4-6-8-15)21-18(17)19(24)22-10-9-16(14(22)3)20(25)26/h4-8,11,13-14,16H,9-10,12H2,1-3H3,(H,25,26). The van der Waals surface area contributed by atoms with E-state index < -0.39 is 11.9 Å². The van der Waals surface area contributed by atoms with Gasteiger partial charge in [0.1, 0.15) is 0 Å². The maximum Gasteiger partial charge on any atom is 0.308 e. The highest BCUT2D eigenvalue weighted by molar-refractivity contribution is 5.95. The van der Waals surface area contributed by atoms with E-state index in [1.54, 1.807) is 22.7 Å². The molecule has 0 saturated carbocycles. The van der Waals surface area contributed by atoms with Gasteiger partial charge in [-0.15, -0.1) is 0 Å². The highest BCUT2D eigenvalue weighted by Gasteiger charge is 2.40. The van der Waals surface area contributed by atoms with Gasteiger partial charge in [0.15, 0.2) is 11.4 Å².